The summed E-state index contributed by atoms with van der Waals surface area (Å²) in [5.74, 6) is -0.647. The van der Waals surface area contributed by atoms with Crippen LogP contribution in [0.2, 0.25) is 0 Å². The molecule has 4 rings (SSSR count). The van der Waals surface area contributed by atoms with Crippen molar-refractivity contribution in [3.63, 3.8) is 0 Å². The Morgan fingerprint density at radius 1 is 0.912 bits per heavy atom. The van der Waals surface area contributed by atoms with Crippen LogP contribution in [0.25, 0.3) is 0 Å². The molecule has 0 saturated heterocycles. The first kappa shape index (κ1) is 23.0. The molecule has 2 amide bonds. The lowest BCUT2D eigenvalue weighted by molar-refractivity contribution is -0.117. The van der Waals surface area contributed by atoms with Crippen LogP contribution < -0.4 is 10.2 Å². The molecule has 2 aromatic heterocycles. The molecule has 0 bridgehead atoms. The summed E-state index contributed by atoms with van der Waals surface area (Å²) in [6.07, 6.45) is 4.67. The largest absolute Gasteiger partial charge is 0.459 e. The van der Waals surface area contributed by atoms with Gasteiger partial charge in [-0.25, -0.2) is 0 Å². The third kappa shape index (κ3) is 5.07. The van der Waals surface area contributed by atoms with Gasteiger partial charge in [-0.3, -0.25) is 19.5 Å². The normalized spacial score (nSPS) is 12.1. The van der Waals surface area contributed by atoms with Gasteiger partial charge in [-0.2, -0.15) is 0 Å². The molecule has 1 N–H and O–H groups in total. The number of aromatic nitrogens is 1. The van der Waals surface area contributed by atoms with Gasteiger partial charge in [-0.1, -0.05) is 57.2 Å². The molecule has 0 fully saturated rings. The van der Waals surface area contributed by atoms with Gasteiger partial charge in [-0.05, 0) is 53.4 Å². The highest BCUT2D eigenvalue weighted by molar-refractivity contribution is 6.10. The second-order valence-corrected chi connectivity index (χ2v) is 8.99. The number of para-hydroxylation sites is 1. The lowest BCUT2D eigenvalue weighted by atomic mass is 9.87. The number of hydrogen-bond donors (Lipinski definition) is 1. The number of amides is 2. The first-order valence-electron chi connectivity index (χ1n) is 11.1. The van der Waals surface area contributed by atoms with Crippen LogP contribution in [0, 0.1) is 0 Å². The predicted octanol–water partition coefficient (Wildman–Crippen LogP) is 6.00. The SMILES string of the molecule is CC(C)(C)c1ccc(N(C(=O)c2ccco2)C(C(=O)Nc2ccccc2)c2cccnc2)cc1. The summed E-state index contributed by atoms with van der Waals surface area (Å²) in [5.41, 5.74) is 2.85. The van der Waals surface area contributed by atoms with E-state index < -0.39 is 11.9 Å². The maximum absolute atomic E-state index is 13.7. The van der Waals surface area contributed by atoms with Crippen LogP contribution in [0.3, 0.4) is 0 Å². The first-order valence-corrected chi connectivity index (χ1v) is 11.1. The Morgan fingerprint density at radius 2 is 1.65 bits per heavy atom. The molecule has 172 valence electrons. The second-order valence-electron chi connectivity index (χ2n) is 8.99. The van der Waals surface area contributed by atoms with Crippen LogP contribution in [0.1, 0.15) is 48.5 Å². The fourth-order valence-electron chi connectivity index (χ4n) is 3.71. The van der Waals surface area contributed by atoms with Gasteiger partial charge in [0.25, 0.3) is 11.8 Å². The molecule has 0 aliphatic carbocycles. The van der Waals surface area contributed by atoms with Crippen molar-refractivity contribution in [2.45, 2.75) is 32.2 Å². The molecule has 1 unspecified atom stereocenters. The van der Waals surface area contributed by atoms with Crippen LogP contribution in [-0.4, -0.2) is 16.8 Å². The van der Waals surface area contributed by atoms with E-state index in [2.05, 4.69) is 31.1 Å². The Hall–Kier alpha value is -4.19. The Balaban J connectivity index is 1.82. The van der Waals surface area contributed by atoms with E-state index in [1.54, 1.807) is 48.8 Å². The van der Waals surface area contributed by atoms with Crippen LogP contribution in [0.4, 0.5) is 11.4 Å². The van der Waals surface area contributed by atoms with Crippen molar-refractivity contribution in [3.05, 3.63) is 114 Å². The van der Waals surface area contributed by atoms with E-state index in [1.807, 2.05) is 42.5 Å². The minimum absolute atomic E-state index is 0.0538. The quantitative estimate of drug-likeness (QED) is 0.389. The van der Waals surface area contributed by atoms with Gasteiger partial charge in [0.15, 0.2) is 5.76 Å². The number of rotatable bonds is 6. The zero-order chi connectivity index (χ0) is 24.1. The molecule has 0 radical (unpaired) electrons. The van der Waals surface area contributed by atoms with Crippen molar-refractivity contribution in [2.24, 2.45) is 0 Å². The lowest BCUT2D eigenvalue weighted by Crippen LogP contribution is -2.41. The number of nitrogens with one attached hydrogen (secondary N) is 1. The van der Waals surface area contributed by atoms with Crippen LogP contribution in [-0.2, 0) is 10.2 Å². The summed E-state index contributed by atoms with van der Waals surface area (Å²) in [4.78, 5) is 33.0. The number of anilines is 2. The number of carbonyl (C=O) groups excluding carboxylic acids is 2. The van der Waals surface area contributed by atoms with Gasteiger partial charge in [0.1, 0.15) is 6.04 Å². The maximum Gasteiger partial charge on any atom is 0.294 e. The molecule has 2 aromatic carbocycles. The van der Waals surface area contributed by atoms with Crippen molar-refractivity contribution in [3.8, 4) is 0 Å². The standard InChI is InChI=1S/C28H27N3O3/c1-28(2,3)21-13-15-23(16-14-21)31(27(33)24-12-8-18-34-24)25(20-9-7-17-29-19-20)26(32)30-22-10-5-4-6-11-22/h4-19,25H,1-3H3,(H,30,32). The van der Waals surface area contributed by atoms with E-state index in [4.69, 9.17) is 4.42 Å². The highest BCUT2D eigenvalue weighted by atomic mass is 16.3. The van der Waals surface area contributed by atoms with E-state index in [0.29, 0.717) is 16.9 Å². The van der Waals surface area contributed by atoms with Gasteiger partial charge >= 0.3 is 0 Å². The molecule has 6 heteroatoms. The number of hydrogen-bond acceptors (Lipinski definition) is 4. The van der Waals surface area contributed by atoms with Crippen molar-refractivity contribution >= 4 is 23.2 Å². The smallest absolute Gasteiger partial charge is 0.294 e. The summed E-state index contributed by atoms with van der Waals surface area (Å²) >= 11 is 0. The van der Waals surface area contributed by atoms with Gasteiger partial charge < -0.3 is 9.73 Å². The third-order valence-corrected chi connectivity index (χ3v) is 5.51. The minimum atomic E-state index is -0.980. The van der Waals surface area contributed by atoms with Crippen molar-refractivity contribution in [2.75, 3.05) is 10.2 Å². The molecular formula is C28H27N3O3. The molecule has 0 spiro atoms. The second kappa shape index (κ2) is 9.75. The van der Waals surface area contributed by atoms with Gasteiger partial charge in [-0.15, -0.1) is 0 Å². The zero-order valence-corrected chi connectivity index (χ0v) is 19.4. The number of carbonyl (C=O) groups is 2. The molecule has 6 nitrogen and oxygen atoms in total. The summed E-state index contributed by atoms with van der Waals surface area (Å²) in [7, 11) is 0. The lowest BCUT2D eigenvalue weighted by Gasteiger charge is -2.31. The zero-order valence-electron chi connectivity index (χ0n) is 19.4. The molecular weight excluding hydrogens is 426 g/mol. The van der Waals surface area contributed by atoms with E-state index >= 15 is 0 Å². The van der Waals surface area contributed by atoms with Gasteiger partial charge in [0, 0.05) is 29.3 Å². The fraction of sp³-hybridized carbons (Fsp3) is 0.179. The van der Waals surface area contributed by atoms with E-state index in [0.717, 1.165) is 5.56 Å². The van der Waals surface area contributed by atoms with Crippen LogP contribution in [0.5, 0.6) is 0 Å². The van der Waals surface area contributed by atoms with E-state index in [9.17, 15) is 9.59 Å². The van der Waals surface area contributed by atoms with Gasteiger partial charge in [0.2, 0.25) is 0 Å². The number of benzene rings is 2. The van der Waals surface area contributed by atoms with Crippen molar-refractivity contribution in [1.29, 1.82) is 0 Å². The molecule has 2 heterocycles. The Bertz CT molecular complexity index is 1230. The number of pyridine rings is 1. The topological polar surface area (TPSA) is 75.4 Å². The van der Waals surface area contributed by atoms with Crippen molar-refractivity contribution in [1.82, 2.24) is 4.98 Å². The monoisotopic (exact) mass is 453 g/mol. The average Bonchev–Trinajstić information content (AvgIpc) is 3.38. The molecule has 0 saturated carbocycles. The molecule has 4 aromatic rings. The van der Waals surface area contributed by atoms with E-state index in [-0.39, 0.29) is 17.1 Å². The fourth-order valence-corrected chi connectivity index (χ4v) is 3.71. The number of nitrogens with zero attached hydrogens (tertiary/aromatic N) is 2. The summed E-state index contributed by atoms with van der Waals surface area (Å²) in [6, 6.07) is 22.6. The average molecular weight is 454 g/mol. The predicted molar refractivity (Wildman–Crippen MR) is 133 cm³/mol. The summed E-state index contributed by atoms with van der Waals surface area (Å²) < 4.78 is 5.42. The highest BCUT2D eigenvalue weighted by Gasteiger charge is 2.35. The highest BCUT2D eigenvalue weighted by Crippen LogP contribution is 2.32. The van der Waals surface area contributed by atoms with Crippen LogP contribution in [0.15, 0.2) is 102 Å². The first-order chi connectivity index (χ1) is 16.3. The maximum atomic E-state index is 13.7. The summed E-state index contributed by atoms with van der Waals surface area (Å²) in [6.45, 7) is 6.37. The van der Waals surface area contributed by atoms with Crippen molar-refractivity contribution < 1.29 is 14.0 Å². The van der Waals surface area contributed by atoms with Gasteiger partial charge in [0.05, 0.1) is 6.26 Å². The molecule has 1 atom stereocenters. The molecule has 34 heavy (non-hydrogen) atoms. The van der Waals surface area contributed by atoms with E-state index in [1.165, 1.54) is 11.2 Å². The third-order valence-electron chi connectivity index (χ3n) is 5.51. The Kier molecular flexibility index (Phi) is 6.59. The summed E-state index contributed by atoms with van der Waals surface area (Å²) in [5, 5.41) is 2.94. The Morgan fingerprint density at radius 3 is 2.24 bits per heavy atom. The number of furan rings is 1. The van der Waals surface area contributed by atoms with Crippen LogP contribution >= 0.6 is 0 Å². The molecule has 0 aliphatic heterocycles. The minimum Gasteiger partial charge on any atom is -0.459 e. The molecule has 0 aliphatic rings. The Labute approximate surface area is 199 Å².